The van der Waals surface area contributed by atoms with Gasteiger partial charge in [0.25, 0.3) is 5.56 Å². The van der Waals surface area contributed by atoms with Gasteiger partial charge in [-0.15, -0.1) is 0 Å². The number of benzene rings is 2. The van der Waals surface area contributed by atoms with Crippen LogP contribution in [-0.4, -0.2) is 60.3 Å². The molecular formula is C31H40ClFN4O5. The van der Waals surface area contributed by atoms with Crippen molar-refractivity contribution < 1.29 is 23.5 Å². The Kier molecular flexibility index (Phi) is 11.1. The Morgan fingerprint density at radius 3 is 2.43 bits per heavy atom. The number of carbonyl (C=O) groups is 2. The highest BCUT2D eigenvalue weighted by atomic mass is 35.5. The first-order valence-corrected chi connectivity index (χ1v) is 14.2. The van der Waals surface area contributed by atoms with Crippen molar-refractivity contribution in [2.75, 3.05) is 39.7 Å². The summed E-state index contributed by atoms with van der Waals surface area (Å²) in [6.07, 6.45) is 0.00380. The number of aromatic nitrogens is 2. The quantitative estimate of drug-likeness (QED) is 0.240. The number of halogens is 2. The summed E-state index contributed by atoms with van der Waals surface area (Å²) in [4.78, 5) is 42.1. The van der Waals surface area contributed by atoms with E-state index in [2.05, 4.69) is 5.32 Å². The molecule has 0 spiro atoms. The second-order valence-electron chi connectivity index (χ2n) is 11.2. The van der Waals surface area contributed by atoms with Gasteiger partial charge in [-0.3, -0.25) is 19.1 Å². The van der Waals surface area contributed by atoms with Crippen LogP contribution in [0, 0.1) is 11.2 Å². The minimum Gasteiger partial charge on any atom is -0.493 e. The maximum absolute atomic E-state index is 14.0. The fraction of sp³-hybridized carbons (Fsp3) is 0.452. The maximum atomic E-state index is 14.0. The molecule has 0 saturated carbocycles. The van der Waals surface area contributed by atoms with E-state index in [-0.39, 0.29) is 58.7 Å². The first-order valence-electron chi connectivity index (χ1n) is 13.8. The fourth-order valence-corrected chi connectivity index (χ4v) is 5.05. The minimum atomic E-state index is -0.665. The van der Waals surface area contributed by atoms with E-state index in [0.717, 1.165) is 6.07 Å². The largest absolute Gasteiger partial charge is 0.493 e. The molecule has 0 aliphatic heterocycles. The summed E-state index contributed by atoms with van der Waals surface area (Å²) in [6, 6.07) is 11.5. The molecule has 9 nitrogen and oxygen atoms in total. The second-order valence-corrected chi connectivity index (χ2v) is 11.6. The molecule has 1 aromatic heterocycles. The number of amides is 1. The van der Waals surface area contributed by atoms with Crippen molar-refractivity contribution in [2.45, 2.75) is 46.1 Å². The molecule has 0 aliphatic carbocycles. The standard InChI is InChI=1S/C31H40ClFN4O5/c1-8-42-25-17-23(33)22(32)16-21(25)24(38)14-15-31(2,3)18-27(39)34-28-29(26(41-7)19-35(4)5)36(6)37(30(28)40)20-12-10-9-11-13-20/h9-13,16-17,26H,8,14-15,18-19H2,1-7H3,(H,34,39). The number of carbonyl (C=O) groups excluding carboxylic acids is 2. The van der Waals surface area contributed by atoms with Crippen LogP contribution in [0.15, 0.2) is 47.3 Å². The molecule has 42 heavy (non-hydrogen) atoms. The number of ether oxygens (including phenoxy) is 2. The summed E-state index contributed by atoms with van der Waals surface area (Å²) >= 11 is 5.93. The third kappa shape index (κ3) is 7.87. The molecular weight excluding hydrogens is 563 g/mol. The third-order valence-electron chi connectivity index (χ3n) is 6.99. The van der Waals surface area contributed by atoms with E-state index >= 15 is 0 Å². The van der Waals surface area contributed by atoms with E-state index in [1.54, 1.807) is 25.8 Å². The normalized spacial score (nSPS) is 12.4. The molecule has 3 rings (SSSR count). The van der Waals surface area contributed by atoms with Gasteiger partial charge in [-0.05, 0) is 51.1 Å². The lowest BCUT2D eigenvalue weighted by Gasteiger charge is -2.24. The van der Waals surface area contributed by atoms with E-state index < -0.39 is 17.3 Å². The number of hydrogen-bond donors (Lipinski definition) is 1. The van der Waals surface area contributed by atoms with Crippen molar-refractivity contribution in [2.24, 2.45) is 12.5 Å². The Hall–Kier alpha value is -3.47. The summed E-state index contributed by atoms with van der Waals surface area (Å²) in [7, 11) is 7.12. The van der Waals surface area contributed by atoms with E-state index in [1.807, 2.05) is 63.2 Å². The number of anilines is 1. The van der Waals surface area contributed by atoms with E-state index in [9.17, 15) is 18.8 Å². The van der Waals surface area contributed by atoms with E-state index in [1.165, 1.54) is 10.7 Å². The molecule has 1 atom stereocenters. The minimum absolute atomic E-state index is 0.0488. The zero-order valence-electron chi connectivity index (χ0n) is 25.3. The van der Waals surface area contributed by atoms with Gasteiger partial charge in [0.1, 0.15) is 23.4 Å². The molecule has 0 radical (unpaired) electrons. The summed E-state index contributed by atoms with van der Waals surface area (Å²) in [5.41, 5.74) is 0.556. The summed E-state index contributed by atoms with van der Waals surface area (Å²) in [5.74, 6) is -1.16. The molecule has 1 heterocycles. The van der Waals surface area contributed by atoms with Crippen molar-refractivity contribution in [1.82, 2.24) is 14.3 Å². The smallest absolute Gasteiger partial charge is 0.295 e. The lowest BCUT2D eigenvalue weighted by molar-refractivity contribution is -0.118. The Morgan fingerprint density at radius 1 is 1.17 bits per heavy atom. The van der Waals surface area contributed by atoms with Gasteiger partial charge in [0.15, 0.2) is 5.78 Å². The topological polar surface area (TPSA) is 94.8 Å². The number of hydrogen-bond acceptors (Lipinski definition) is 6. The van der Waals surface area contributed by atoms with Crippen molar-refractivity contribution in [3.05, 3.63) is 74.9 Å². The van der Waals surface area contributed by atoms with Crippen LogP contribution in [0.25, 0.3) is 5.69 Å². The number of rotatable bonds is 14. The lowest BCUT2D eigenvalue weighted by Crippen LogP contribution is -2.27. The maximum Gasteiger partial charge on any atom is 0.295 e. The van der Waals surface area contributed by atoms with E-state index in [0.29, 0.717) is 24.3 Å². The highest BCUT2D eigenvalue weighted by molar-refractivity contribution is 6.31. The molecule has 0 fully saturated rings. The van der Waals surface area contributed by atoms with Gasteiger partial charge in [0.2, 0.25) is 5.91 Å². The molecule has 0 bridgehead atoms. The average Bonchev–Trinajstić information content (AvgIpc) is 3.16. The summed E-state index contributed by atoms with van der Waals surface area (Å²) in [6.45, 7) is 6.23. The lowest BCUT2D eigenvalue weighted by atomic mass is 9.82. The van der Waals surface area contributed by atoms with Crippen LogP contribution in [0.1, 0.15) is 62.2 Å². The van der Waals surface area contributed by atoms with Crippen molar-refractivity contribution >= 4 is 29.0 Å². The third-order valence-corrected chi connectivity index (χ3v) is 7.28. The van der Waals surface area contributed by atoms with Gasteiger partial charge in [0.05, 0.1) is 28.6 Å². The molecule has 3 aromatic rings. The molecule has 2 aromatic carbocycles. The number of methoxy groups -OCH3 is 1. The van der Waals surface area contributed by atoms with Crippen LogP contribution in [0.2, 0.25) is 5.02 Å². The highest BCUT2D eigenvalue weighted by Gasteiger charge is 2.30. The number of ketones is 1. The monoisotopic (exact) mass is 602 g/mol. The number of nitrogens with one attached hydrogen (secondary N) is 1. The summed E-state index contributed by atoms with van der Waals surface area (Å²) < 4.78 is 28.4. The molecule has 11 heteroatoms. The number of nitrogens with zero attached hydrogens (tertiary/aromatic N) is 3. The van der Waals surface area contributed by atoms with Crippen LogP contribution >= 0.6 is 11.6 Å². The van der Waals surface area contributed by atoms with Crippen molar-refractivity contribution in [1.29, 1.82) is 0 Å². The van der Waals surface area contributed by atoms with Crippen molar-refractivity contribution in [3.63, 3.8) is 0 Å². The Morgan fingerprint density at radius 2 is 1.83 bits per heavy atom. The Bertz CT molecular complexity index is 1470. The number of likely N-dealkylation sites (N-methyl/N-ethyl adjacent to an activating group) is 1. The van der Waals surface area contributed by atoms with Crippen LogP contribution < -0.4 is 15.6 Å². The van der Waals surface area contributed by atoms with E-state index in [4.69, 9.17) is 21.1 Å². The summed E-state index contributed by atoms with van der Waals surface area (Å²) in [5, 5.41) is 2.69. The first-order chi connectivity index (χ1) is 19.8. The number of para-hydroxylation sites is 1. The average molecular weight is 603 g/mol. The fourth-order valence-electron chi connectivity index (χ4n) is 4.89. The molecule has 0 aliphatic rings. The Labute approximate surface area is 251 Å². The van der Waals surface area contributed by atoms with Crippen LogP contribution in [-0.2, 0) is 16.6 Å². The SMILES string of the molecule is CCOc1cc(F)c(Cl)cc1C(=O)CCC(C)(C)CC(=O)Nc1c(C(CN(C)C)OC)n(C)n(-c2ccccc2)c1=O. The van der Waals surface area contributed by atoms with Crippen LogP contribution in [0.4, 0.5) is 10.1 Å². The van der Waals surface area contributed by atoms with Crippen LogP contribution in [0.3, 0.4) is 0 Å². The van der Waals surface area contributed by atoms with Gasteiger partial charge >= 0.3 is 0 Å². The van der Waals surface area contributed by atoms with Gasteiger partial charge in [-0.2, -0.15) is 0 Å². The van der Waals surface area contributed by atoms with Gasteiger partial charge < -0.3 is 19.7 Å². The van der Waals surface area contributed by atoms with Crippen LogP contribution in [0.5, 0.6) is 5.75 Å². The van der Waals surface area contributed by atoms with Gasteiger partial charge in [0, 0.05) is 39.6 Å². The second kappa shape index (κ2) is 14.1. The molecule has 0 saturated heterocycles. The Balaban J connectivity index is 1.83. The molecule has 1 amide bonds. The molecule has 1 N–H and O–H groups in total. The van der Waals surface area contributed by atoms with Gasteiger partial charge in [-0.25, -0.2) is 9.07 Å². The predicted molar refractivity (Wildman–Crippen MR) is 162 cm³/mol. The van der Waals surface area contributed by atoms with Gasteiger partial charge in [-0.1, -0.05) is 43.6 Å². The zero-order chi connectivity index (χ0) is 31.2. The zero-order valence-corrected chi connectivity index (χ0v) is 26.0. The number of Topliss-reactive ketones (excluding diaryl/α,β-unsaturated/α-hetero) is 1. The predicted octanol–water partition coefficient (Wildman–Crippen LogP) is 5.63. The highest BCUT2D eigenvalue weighted by Crippen LogP contribution is 2.32. The van der Waals surface area contributed by atoms with Crippen molar-refractivity contribution in [3.8, 4) is 11.4 Å². The molecule has 228 valence electrons. The first kappa shape index (κ1) is 33.0. The molecule has 1 unspecified atom stereocenters.